The van der Waals surface area contributed by atoms with Gasteiger partial charge in [0.2, 0.25) is 0 Å². The first-order valence-electron chi connectivity index (χ1n) is 14.4. The van der Waals surface area contributed by atoms with Crippen molar-refractivity contribution < 1.29 is 0 Å². The van der Waals surface area contributed by atoms with Crippen molar-refractivity contribution in [2.24, 2.45) is 0 Å². The molecule has 3 heteroatoms. The molecule has 0 spiro atoms. The first kappa shape index (κ1) is 27.7. The van der Waals surface area contributed by atoms with Crippen LogP contribution in [-0.4, -0.2) is 27.9 Å². The van der Waals surface area contributed by atoms with Gasteiger partial charge >= 0.3 is 230 Å². The third kappa shape index (κ3) is 5.74. The van der Waals surface area contributed by atoms with Crippen LogP contribution in [-0.2, 0) is 5.54 Å². The van der Waals surface area contributed by atoms with E-state index in [1.165, 1.54) is 72.4 Å². The van der Waals surface area contributed by atoms with Crippen LogP contribution >= 0.6 is 0 Å². The van der Waals surface area contributed by atoms with Gasteiger partial charge in [0.1, 0.15) is 0 Å². The minimum absolute atomic E-state index is 0.456. The Bertz CT molecular complexity index is 1070. The average Bonchev–Trinajstić information content (AvgIpc) is 3.46. The maximum absolute atomic E-state index is 5.35. The molecule has 0 unspecified atom stereocenters. The van der Waals surface area contributed by atoms with Crippen LogP contribution in [0.5, 0.6) is 0 Å². The quantitative estimate of drug-likeness (QED) is 0.105. The summed E-state index contributed by atoms with van der Waals surface area (Å²) in [5.74, 6) is 0. The molecule has 0 amide bonds. The zero-order chi connectivity index (χ0) is 26.0. The third-order valence-electron chi connectivity index (χ3n) is 8.08. The van der Waals surface area contributed by atoms with Crippen LogP contribution in [0.3, 0.4) is 0 Å². The van der Waals surface area contributed by atoms with E-state index in [4.69, 9.17) is 4.98 Å². The molecule has 3 aromatic carbocycles. The van der Waals surface area contributed by atoms with Crippen LogP contribution < -0.4 is 3.84 Å². The van der Waals surface area contributed by atoms with Gasteiger partial charge in [-0.15, -0.1) is 0 Å². The molecule has 0 radical (unpaired) electrons. The van der Waals surface area contributed by atoms with E-state index >= 15 is 0 Å². The molecule has 0 bridgehead atoms. The topological polar surface area (TPSA) is 17.8 Å². The summed E-state index contributed by atoms with van der Waals surface area (Å²) in [6, 6.07) is 33.4. The number of benzene rings is 3. The van der Waals surface area contributed by atoms with Gasteiger partial charge in [-0.25, -0.2) is 0 Å². The molecule has 0 saturated carbocycles. The fraction of sp³-hybridized carbons (Fsp3) is 0.382. The molecular weight excluding hydrogens is 555 g/mol. The summed E-state index contributed by atoms with van der Waals surface area (Å²) < 4.78 is 8.30. The SMILES string of the molecule is CCC[CH2][Sn]([CH2]CCC)([CH2]CCC)[c]1nccn1C(c1ccccc1)(c1ccccc1)c1ccccc1. The van der Waals surface area contributed by atoms with Crippen molar-refractivity contribution >= 4 is 22.2 Å². The Balaban J connectivity index is 2.07. The number of hydrogen-bond donors (Lipinski definition) is 0. The van der Waals surface area contributed by atoms with Gasteiger partial charge in [0, 0.05) is 0 Å². The Labute approximate surface area is 229 Å². The van der Waals surface area contributed by atoms with E-state index < -0.39 is 23.9 Å². The Hall–Kier alpha value is -2.33. The standard InChI is InChI=1S/C22H17N2.3C4H9.Sn/c1-4-10-19(11-5-1)22(24-17-16-23-18-24,20-12-6-2-7-13-20)21-14-8-3-9-15-21;3*1-3-4-2;/h1-17H;3*1,3-4H2,2H3;. The van der Waals surface area contributed by atoms with Gasteiger partial charge in [-0.05, 0) is 0 Å². The second-order valence-electron chi connectivity index (χ2n) is 10.5. The van der Waals surface area contributed by atoms with Crippen LogP contribution in [0.1, 0.15) is 76.0 Å². The molecule has 0 aliphatic rings. The van der Waals surface area contributed by atoms with Crippen LogP contribution in [0.4, 0.5) is 0 Å². The number of hydrogen-bond acceptors (Lipinski definition) is 1. The van der Waals surface area contributed by atoms with E-state index in [0.29, 0.717) is 0 Å². The summed E-state index contributed by atoms with van der Waals surface area (Å²) in [6.45, 7) is 7.06. The van der Waals surface area contributed by atoms with Crippen molar-refractivity contribution in [3.8, 4) is 0 Å². The van der Waals surface area contributed by atoms with Crippen molar-refractivity contribution in [3.63, 3.8) is 0 Å². The van der Waals surface area contributed by atoms with Gasteiger partial charge in [-0.1, -0.05) is 0 Å². The summed E-state index contributed by atoms with van der Waals surface area (Å²) in [6.07, 6.45) is 12.2. The van der Waals surface area contributed by atoms with Crippen LogP contribution in [0.15, 0.2) is 103 Å². The third-order valence-corrected chi connectivity index (χ3v) is 23.1. The van der Waals surface area contributed by atoms with Gasteiger partial charge in [0.25, 0.3) is 0 Å². The fourth-order valence-electron chi connectivity index (χ4n) is 6.18. The van der Waals surface area contributed by atoms with E-state index in [1.54, 1.807) is 0 Å². The molecule has 37 heavy (non-hydrogen) atoms. The van der Waals surface area contributed by atoms with Crippen LogP contribution in [0, 0.1) is 0 Å². The van der Waals surface area contributed by atoms with Crippen molar-refractivity contribution in [2.45, 2.75) is 78.1 Å². The molecule has 4 rings (SSSR count). The molecule has 0 fully saturated rings. The Kier molecular flexibility index (Phi) is 10.1. The molecule has 0 N–H and O–H groups in total. The number of imidazole rings is 1. The van der Waals surface area contributed by atoms with Crippen molar-refractivity contribution in [1.29, 1.82) is 0 Å². The van der Waals surface area contributed by atoms with E-state index in [9.17, 15) is 0 Å². The number of unbranched alkanes of at least 4 members (excludes halogenated alkanes) is 3. The monoisotopic (exact) mass is 600 g/mol. The van der Waals surface area contributed by atoms with E-state index in [1.807, 2.05) is 0 Å². The second kappa shape index (κ2) is 13.5. The zero-order valence-electron chi connectivity index (χ0n) is 23.1. The molecule has 1 heterocycles. The fourth-order valence-corrected chi connectivity index (χ4v) is 22.2. The summed E-state index contributed by atoms with van der Waals surface area (Å²) in [4.78, 5) is 5.35. The van der Waals surface area contributed by atoms with Gasteiger partial charge in [0.15, 0.2) is 0 Å². The van der Waals surface area contributed by atoms with Crippen LogP contribution in [0.25, 0.3) is 0 Å². The van der Waals surface area contributed by atoms with E-state index in [-0.39, 0.29) is 0 Å². The molecule has 2 nitrogen and oxygen atoms in total. The molecule has 4 aromatic rings. The average molecular weight is 599 g/mol. The summed E-state index contributed by atoms with van der Waals surface area (Å²) in [5, 5.41) is 0. The Morgan fingerprint density at radius 1 is 0.595 bits per heavy atom. The molecule has 0 aliphatic carbocycles. The Morgan fingerprint density at radius 2 is 0.973 bits per heavy atom. The first-order chi connectivity index (χ1) is 18.2. The van der Waals surface area contributed by atoms with Crippen molar-refractivity contribution in [3.05, 3.63) is 120 Å². The van der Waals surface area contributed by atoms with Crippen molar-refractivity contribution in [2.75, 3.05) is 0 Å². The number of aromatic nitrogens is 2. The normalized spacial score (nSPS) is 12.1. The van der Waals surface area contributed by atoms with Gasteiger partial charge in [-0.3, -0.25) is 0 Å². The molecule has 0 saturated heterocycles. The molecule has 0 atom stereocenters. The maximum atomic E-state index is 5.35. The summed E-state index contributed by atoms with van der Waals surface area (Å²) >= 11 is -2.88. The Morgan fingerprint density at radius 3 is 1.32 bits per heavy atom. The van der Waals surface area contributed by atoms with Crippen LogP contribution in [0.2, 0.25) is 13.3 Å². The first-order valence-corrected chi connectivity index (χ1v) is 21.9. The molecular formula is C34H44N2Sn. The number of rotatable bonds is 14. The van der Waals surface area contributed by atoms with Crippen molar-refractivity contribution in [1.82, 2.24) is 9.55 Å². The molecule has 0 aliphatic heterocycles. The summed E-state index contributed by atoms with van der Waals surface area (Å²) in [5.41, 5.74) is 3.44. The predicted molar refractivity (Wildman–Crippen MR) is 161 cm³/mol. The van der Waals surface area contributed by atoms with Gasteiger partial charge in [0.05, 0.1) is 0 Å². The molecule has 194 valence electrons. The van der Waals surface area contributed by atoms with Gasteiger partial charge < -0.3 is 0 Å². The van der Waals surface area contributed by atoms with E-state index in [2.05, 4.69) is 129 Å². The minimum atomic E-state index is -2.88. The zero-order valence-corrected chi connectivity index (χ0v) is 25.9. The summed E-state index contributed by atoms with van der Waals surface area (Å²) in [7, 11) is 0. The van der Waals surface area contributed by atoms with E-state index in [0.717, 1.165) is 0 Å². The molecule has 1 aromatic heterocycles. The second-order valence-corrected chi connectivity index (χ2v) is 23.4. The van der Waals surface area contributed by atoms with Gasteiger partial charge in [-0.2, -0.15) is 0 Å². The number of nitrogens with zero attached hydrogens (tertiary/aromatic N) is 2. The predicted octanol–water partition coefficient (Wildman–Crippen LogP) is 8.78.